The van der Waals surface area contributed by atoms with Crippen LogP contribution >= 0.6 is 0 Å². The van der Waals surface area contributed by atoms with Gasteiger partial charge < -0.3 is 19.2 Å². The Morgan fingerprint density at radius 1 is 1.20 bits per heavy atom. The first kappa shape index (κ1) is 18.3. The first-order valence-corrected chi connectivity index (χ1v) is 7.87. The van der Waals surface area contributed by atoms with E-state index in [1.807, 2.05) is 12.2 Å². The molecule has 1 aromatic carbocycles. The highest BCUT2D eigenvalue weighted by molar-refractivity contribution is 5.99. The average molecular weight is 348 g/mol. The van der Waals surface area contributed by atoms with Crippen LogP contribution in [0, 0.1) is 6.92 Å². The molecule has 0 aliphatic rings. The zero-order chi connectivity index (χ0) is 18.4. The maximum Gasteiger partial charge on any atom is 0.375 e. The molecule has 0 saturated heterocycles. The SMILES string of the molecule is CCNC(=O)NC(=O)COC(=O)c1oc2ccc(OCC)cc2c1C. The van der Waals surface area contributed by atoms with E-state index in [0.717, 1.165) is 5.39 Å². The van der Waals surface area contributed by atoms with Crippen LogP contribution in [-0.4, -0.2) is 37.7 Å². The van der Waals surface area contributed by atoms with Gasteiger partial charge in [0.2, 0.25) is 5.76 Å². The fourth-order valence-corrected chi connectivity index (χ4v) is 2.22. The monoisotopic (exact) mass is 348 g/mol. The van der Waals surface area contributed by atoms with Crippen LogP contribution in [0.25, 0.3) is 11.0 Å². The van der Waals surface area contributed by atoms with E-state index in [0.29, 0.717) is 30.0 Å². The number of nitrogens with one attached hydrogen (secondary N) is 2. The highest BCUT2D eigenvalue weighted by Gasteiger charge is 2.20. The summed E-state index contributed by atoms with van der Waals surface area (Å²) in [6.07, 6.45) is 0. The Labute approximate surface area is 144 Å². The maximum absolute atomic E-state index is 12.1. The molecular formula is C17H20N2O6. The van der Waals surface area contributed by atoms with Crippen molar-refractivity contribution in [3.05, 3.63) is 29.5 Å². The second-order valence-electron chi connectivity index (χ2n) is 5.13. The maximum atomic E-state index is 12.1. The molecular weight excluding hydrogens is 328 g/mol. The van der Waals surface area contributed by atoms with E-state index in [2.05, 4.69) is 5.32 Å². The molecule has 0 bridgehead atoms. The second-order valence-corrected chi connectivity index (χ2v) is 5.13. The molecule has 0 fully saturated rings. The largest absolute Gasteiger partial charge is 0.494 e. The Kier molecular flexibility index (Phi) is 5.99. The Bertz CT molecular complexity index is 796. The first-order valence-electron chi connectivity index (χ1n) is 7.87. The molecule has 3 amide bonds. The van der Waals surface area contributed by atoms with Crippen molar-refractivity contribution in [2.75, 3.05) is 19.8 Å². The van der Waals surface area contributed by atoms with E-state index in [1.165, 1.54) is 0 Å². The lowest BCUT2D eigenvalue weighted by molar-refractivity contribution is -0.123. The molecule has 8 heteroatoms. The molecule has 8 nitrogen and oxygen atoms in total. The standard InChI is InChI=1S/C17H20N2O6/c1-4-18-17(22)19-14(20)9-24-16(21)15-10(3)12-8-11(23-5-2)6-7-13(12)25-15/h6-8H,4-5,9H2,1-3H3,(H2,18,19,20,22). The first-order chi connectivity index (χ1) is 12.0. The van der Waals surface area contributed by atoms with Gasteiger partial charge in [-0.1, -0.05) is 0 Å². The number of urea groups is 1. The number of ether oxygens (including phenoxy) is 2. The third-order valence-corrected chi connectivity index (χ3v) is 3.33. The van der Waals surface area contributed by atoms with Crippen molar-refractivity contribution in [2.24, 2.45) is 0 Å². The molecule has 0 saturated carbocycles. The molecule has 25 heavy (non-hydrogen) atoms. The second kappa shape index (κ2) is 8.18. The third-order valence-electron chi connectivity index (χ3n) is 3.33. The minimum absolute atomic E-state index is 0.00876. The van der Waals surface area contributed by atoms with Crippen molar-refractivity contribution in [3.8, 4) is 5.75 Å². The summed E-state index contributed by atoms with van der Waals surface area (Å²) in [6, 6.07) is 4.57. The van der Waals surface area contributed by atoms with E-state index in [9.17, 15) is 14.4 Å². The van der Waals surface area contributed by atoms with Gasteiger partial charge in [0.1, 0.15) is 11.3 Å². The lowest BCUT2D eigenvalue weighted by Gasteiger charge is -2.05. The van der Waals surface area contributed by atoms with Gasteiger partial charge in [-0.3, -0.25) is 10.1 Å². The predicted molar refractivity (Wildman–Crippen MR) is 89.6 cm³/mol. The summed E-state index contributed by atoms with van der Waals surface area (Å²) < 4.78 is 15.8. The number of amides is 3. The minimum Gasteiger partial charge on any atom is -0.494 e. The van der Waals surface area contributed by atoms with Gasteiger partial charge in [-0.05, 0) is 39.0 Å². The number of rotatable bonds is 6. The lowest BCUT2D eigenvalue weighted by Crippen LogP contribution is -2.41. The van der Waals surface area contributed by atoms with E-state index >= 15 is 0 Å². The Morgan fingerprint density at radius 2 is 1.96 bits per heavy atom. The average Bonchev–Trinajstić information content (AvgIpc) is 2.90. The van der Waals surface area contributed by atoms with Gasteiger partial charge in [0.15, 0.2) is 6.61 Å². The molecule has 0 aliphatic carbocycles. The number of hydrogen-bond acceptors (Lipinski definition) is 6. The minimum atomic E-state index is -0.780. The summed E-state index contributed by atoms with van der Waals surface area (Å²) in [5.41, 5.74) is 1.10. The zero-order valence-electron chi connectivity index (χ0n) is 14.3. The summed E-state index contributed by atoms with van der Waals surface area (Å²) in [5.74, 6) is -0.834. The number of esters is 1. The van der Waals surface area contributed by atoms with Gasteiger partial charge in [-0.25, -0.2) is 9.59 Å². The Balaban J connectivity index is 2.05. The summed E-state index contributed by atoms with van der Waals surface area (Å²) in [7, 11) is 0. The molecule has 0 spiro atoms. The van der Waals surface area contributed by atoms with Crippen LogP contribution in [0.3, 0.4) is 0 Å². The van der Waals surface area contributed by atoms with Gasteiger partial charge in [0, 0.05) is 17.5 Å². The molecule has 134 valence electrons. The third kappa shape index (κ3) is 4.50. The Morgan fingerprint density at radius 3 is 2.64 bits per heavy atom. The topological polar surface area (TPSA) is 107 Å². The fourth-order valence-electron chi connectivity index (χ4n) is 2.22. The molecule has 2 aromatic rings. The molecule has 0 radical (unpaired) electrons. The molecule has 0 aliphatic heterocycles. The Hall–Kier alpha value is -3.03. The molecule has 1 heterocycles. The van der Waals surface area contributed by atoms with Crippen LogP contribution < -0.4 is 15.4 Å². The van der Waals surface area contributed by atoms with E-state index in [1.54, 1.807) is 32.0 Å². The summed E-state index contributed by atoms with van der Waals surface area (Å²) in [4.78, 5) is 34.9. The highest BCUT2D eigenvalue weighted by Crippen LogP contribution is 2.29. The van der Waals surface area contributed by atoms with Crippen LogP contribution in [0.5, 0.6) is 5.75 Å². The lowest BCUT2D eigenvalue weighted by atomic mass is 10.1. The number of hydrogen-bond donors (Lipinski definition) is 2. The number of aryl methyl sites for hydroxylation is 1. The number of imide groups is 1. The molecule has 0 unspecified atom stereocenters. The highest BCUT2D eigenvalue weighted by atomic mass is 16.5. The van der Waals surface area contributed by atoms with Gasteiger partial charge in [0.05, 0.1) is 6.61 Å². The van der Waals surface area contributed by atoms with Crippen molar-refractivity contribution in [1.29, 1.82) is 0 Å². The summed E-state index contributed by atoms with van der Waals surface area (Å²) in [6.45, 7) is 5.62. The molecule has 0 atom stereocenters. The fraction of sp³-hybridized carbons (Fsp3) is 0.353. The van der Waals surface area contributed by atoms with E-state index in [-0.39, 0.29) is 5.76 Å². The molecule has 2 N–H and O–H groups in total. The number of carbonyl (C=O) groups is 3. The van der Waals surface area contributed by atoms with Crippen LogP contribution in [0.4, 0.5) is 4.79 Å². The number of furan rings is 1. The van der Waals surface area contributed by atoms with Crippen LogP contribution in [-0.2, 0) is 9.53 Å². The zero-order valence-corrected chi connectivity index (χ0v) is 14.3. The van der Waals surface area contributed by atoms with Crippen molar-refractivity contribution < 1.29 is 28.3 Å². The van der Waals surface area contributed by atoms with Crippen LogP contribution in [0.15, 0.2) is 22.6 Å². The van der Waals surface area contributed by atoms with Crippen molar-refractivity contribution in [1.82, 2.24) is 10.6 Å². The molecule has 2 rings (SSSR count). The quantitative estimate of drug-likeness (QED) is 0.775. The molecule has 1 aromatic heterocycles. The van der Waals surface area contributed by atoms with Crippen LogP contribution in [0.1, 0.15) is 30.0 Å². The van der Waals surface area contributed by atoms with E-state index < -0.39 is 24.5 Å². The van der Waals surface area contributed by atoms with Crippen molar-refractivity contribution >= 4 is 28.9 Å². The van der Waals surface area contributed by atoms with Gasteiger partial charge in [-0.15, -0.1) is 0 Å². The number of benzene rings is 1. The summed E-state index contributed by atoms with van der Waals surface area (Å²) in [5, 5.41) is 5.16. The van der Waals surface area contributed by atoms with Crippen molar-refractivity contribution in [2.45, 2.75) is 20.8 Å². The van der Waals surface area contributed by atoms with Gasteiger partial charge in [-0.2, -0.15) is 0 Å². The number of carbonyl (C=O) groups excluding carboxylic acids is 3. The van der Waals surface area contributed by atoms with E-state index in [4.69, 9.17) is 13.9 Å². The smallest absolute Gasteiger partial charge is 0.375 e. The number of fused-ring (bicyclic) bond motifs is 1. The van der Waals surface area contributed by atoms with Crippen molar-refractivity contribution in [3.63, 3.8) is 0 Å². The summed E-state index contributed by atoms with van der Waals surface area (Å²) >= 11 is 0. The van der Waals surface area contributed by atoms with Gasteiger partial charge in [0.25, 0.3) is 5.91 Å². The van der Waals surface area contributed by atoms with Gasteiger partial charge >= 0.3 is 12.0 Å². The predicted octanol–water partition coefficient (Wildman–Crippen LogP) is 2.14. The normalized spacial score (nSPS) is 10.4. The van der Waals surface area contributed by atoms with Crippen LogP contribution in [0.2, 0.25) is 0 Å².